The van der Waals surface area contributed by atoms with Gasteiger partial charge in [-0.15, -0.1) is 10.2 Å². The van der Waals surface area contributed by atoms with Gasteiger partial charge in [-0.3, -0.25) is 0 Å². The number of hydrogen-bond donors (Lipinski definition) is 0. The Morgan fingerprint density at radius 3 is 0.962 bits per heavy atom. The molecule has 0 N–H and O–H groups in total. The van der Waals surface area contributed by atoms with Crippen molar-refractivity contribution in [2.24, 2.45) is 0 Å². The fourth-order valence-electron chi connectivity index (χ4n) is 8.88. The normalized spacial score (nSPS) is 14.3. The van der Waals surface area contributed by atoms with Crippen LogP contribution in [0.25, 0.3) is 22.5 Å². The van der Waals surface area contributed by atoms with Crippen molar-refractivity contribution >= 4 is 34.1 Å². The molecule has 0 bridgehead atoms. The smallest absolute Gasteiger partial charge is 0.0979 e. The Hall–Kier alpha value is -6.00. The van der Waals surface area contributed by atoms with E-state index in [2.05, 4.69) is 197 Å². The number of aryl methyl sites for hydroxylation is 2. The van der Waals surface area contributed by atoms with Crippen LogP contribution in [0.4, 0.5) is 34.1 Å². The zero-order valence-electron chi connectivity index (χ0n) is 30.6. The lowest BCUT2D eigenvalue weighted by atomic mass is 9.73. The largest absolute Gasteiger partial charge is 0.310 e. The second-order valence-corrected chi connectivity index (χ2v) is 15.3. The Morgan fingerprint density at radius 2 is 0.673 bits per heavy atom. The molecule has 0 amide bonds. The number of fused-ring (bicyclic) bond motifs is 7. The molecule has 1 aromatic heterocycles. The molecule has 9 rings (SSSR count). The summed E-state index contributed by atoms with van der Waals surface area (Å²) in [6.45, 7) is 14.0. The quantitative estimate of drug-likeness (QED) is 0.176. The number of para-hydroxylation sites is 4. The van der Waals surface area contributed by atoms with Crippen molar-refractivity contribution in [1.29, 1.82) is 0 Å². The number of nitrogens with zero attached hydrogens (tertiary/aromatic N) is 4. The summed E-state index contributed by atoms with van der Waals surface area (Å²) in [4.78, 5) is 4.72. The minimum Gasteiger partial charge on any atom is -0.310 e. The summed E-state index contributed by atoms with van der Waals surface area (Å²) in [5.74, 6) is 0. The molecule has 254 valence electrons. The van der Waals surface area contributed by atoms with Crippen LogP contribution >= 0.6 is 0 Å². The fraction of sp³-hybridized carbons (Fsp3) is 0.167. The molecule has 6 aromatic carbocycles. The third kappa shape index (κ3) is 4.74. The van der Waals surface area contributed by atoms with E-state index >= 15 is 0 Å². The van der Waals surface area contributed by atoms with Gasteiger partial charge < -0.3 is 9.80 Å². The molecule has 4 nitrogen and oxygen atoms in total. The third-order valence-corrected chi connectivity index (χ3v) is 11.3. The molecule has 2 aliphatic rings. The van der Waals surface area contributed by atoms with E-state index < -0.39 is 0 Å². The predicted molar refractivity (Wildman–Crippen MR) is 216 cm³/mol. The molecule has 0 atom stereocenters. The van der Waals surface area contributed by atoms with Gasteiger partial charge >= 0.3 is 0 Å². The van der Waals surface area contributed by atoms with E-state index in [1.807, 2.05) is 0 Å². The number of benzene rings is 6. The lowest BCUT2D eigenvalue weighted by Crippen LogP contribution is -2.25. The first-order chi connectivity index (χ1) is 25.2. The molecule has 52 heavy (non-hydrogen) atoms. The summed E-state index contributed by atoms with van der Waals surface area (Å²) in [7, 11) is 0. The van der Waals surface area contributed by atoms with Gasteiger partial charge in [-0.2, -0.15) is 0 Å². The topological polar surface area (TPSA) is 32.3 Å². The summed E-state index contributed by atoms with van der Waals surface area (Å²) < 4.78 is 0. The van der Waals surface area contributed by atoms with Crippen molar-refractivity contribution in [2.75, 3.05) is 9.80 Å². The van der Waals surface area contributed by atoms with Crippen LogP contribution in [0.1, 0.15) is 61.1 Å². The van der Waals surface area contributed by atoms with E-state index in [0.29, 0.717) is 0 Å². The van der Waals surface area contributed by atoms with Crippen LogP contribution < -0.4 is 9.80 Å². The highest BCUT2D eigenvalue weighted by Gasteiger charge is 2.48. The average Bonchev–Trinajstić information content (AvgIpc) is 3.53. The number of aromatic nitrogens is 2. The van der Waals surface area contributed by atoms with Crippen LogP contribution in [0.15, 0.2) is 146 Å². The van der Waals surface area contributed by atoms with E-state index in [-0.39, 0.29) is 10.8 Å². The lowest BCUT2D eigenvalue weighted by molar-refractivity contribution is 0.596. The van der Waals surface area contributed by atoms with Crippen LogP contribution in [0, 0.1) is 13.8 Å². The minimum atomic E-state index is -0.305. The molecule has 1 heterocycles. The third-order valence-electron chi connectivity index (χ3n) is 11.3. The van der Waals surface area contributed by atoms with E-state index in [1.54, 1.807) is 0 Å². The first kappa shape index (κ1) is 31.9. The van der Waals surface area contributed by atoms with Gasteiger partial charge in [0.2, 0.25) is 0 Å². The maximum atomic E-state index is 5.10. The van der Waals surface area contributed by atoms with Crippen LogP contribution in [0.2, 0.25) is 0 Å². The van der Waals surface area contributed by atoms with Crippen LogP contribution in [0.5, 0.6) is 0 Å². The maximum Gasteiger partial charge on any atom is 0.0979 e. The highest BCUT2D eigenvalue weighted by molar-refractivity contribution is 5.92. The van der Waals surface area contributed by atoms with Crippen molar-refractivity contribution in [2.45, 2.75) is 52.4 Å². The number of anilines is 6. The first-order valence-electron chi connectivity index (χ1n) is 18.2. The van der Waals surface area contributed by atoms with Crippen molar-refractivity contribution in [3.8, 4) is 22.5 Å². The van der Waals surface area contributed by atoms with Gasteiger partial charge in [-0.1, -0.05) is 100 Å². The van der Waals surface area contributed by atoms with E-state index in [4.69, 9.17) is 10.2 Å². The van der Waals surface area contributed by atoms with E-state index in [1.165, 1.54) is 44.5 Å². The zero-order chi connectivity index (χ0) is 35.8. The summed E-state index contributed by atoms with van der Waals surface area (Å²) >= 11 is 0. The van der Waals surface area contributed by atoms with Crippen molar-refractivity contribution in [1.82, 2.24) is 10.2 Å². The predicted octanol–water partition coefficient (Wildman–Crippen LogP) is 12.6. The van der Waals surface area contributed by atoms with Gasteiger partial charge in [0.15, 0.2) is 0 Å². The Labute approximate surface area is 307 Å². The molecule has 2 aliphatic carbocycles. The molecule has 4 heteroatoms. The van der Waals surface area contributed by atoms with Gasteiger partial charge in [0.05, 0.1) is 11.4 Å². The molecule has 0 spiro atoms. The molecule has 0 unspecified atom stereocenters. The van der Waals surface area contributed by atoms with Gasteiger partial charge in [-0.25, -0.2) is 0 Å². The average molecular weight is 675 g/mol. The summed E-state index contributed by atoms with van der Waals surface area (Å²) in [6.07, 6.45) is 0. The van der Waals surface area contributed by atoms with Crippen molar-refractivity contribution in [3.63, 3.8) is 0 Å². The Morgan fingerprint density at radius 1 is 0.385 bits per heavy atom. The van der Waals surface area contributed by atoms with Crippen molar-refractivity contribution in [3.05, 3.63) is 179 Å². The van der Waals surface area contributed by atoms with Gasteiger partial charge in [0, 0.05) is 56.1 Å². The first-order valence-corrected chi connectivity index (χ1v) is 18.2. The maximum absolute atomic E-state index is 5.10. The van der Waals surface area contributed by atoms with Gasteiger partial charge in [-0.05, 0) is 120 Å². The molecule has 0 saturated carbocycles. The second-order valence-electron chi connectivity index (χ2n) is 15.3. The molecule has 0 aliphatic heterocycles. The molecule has 7 aromatic rings. The van der Waals surface area contributed by atoms with Gasteiger partial charge in [0.25, 0.3) is 0 Å². The Balaban J connectivity index is 1.21. The number of rotatable bonds is 6. The SMILES string of the molecule is Cc1cc(N(c2ccccc2)c2ccccc2)cc2c1-c1nnc3c(c1C2(C)C)C(C)(C)c1cc(N(c2ccccc2)c2ccccc2)cc(C)c1-3. The monoisotopic (exact) mass is 674 g/mol. The van der Waals surface area contributed by atoms with E-state index in [9.17, 15) is 0 Å². The molecule has 0 fully saturated rings. The zero-order valence-corrected chi connectivity index (χ0v) is 30.6. The molecular weight excluding hydrogens is 633 g/mol. The van der Waals surface area contributed by atoms with Crippen LogP contribution in [-0.4, -0.2) is 10.2 Å². The van der Waals surface area contributed by atoms with E-state index in [0.717, 1.165) is 45.5 Å². The minimum absolute atomic E-state index is 0.305. The highest BCUT2D eigenvalue weighted by atomic mass is 15.2. The standard InChI is InChI=1S/C48H42N4/c1-31-27-37(51(33-19-11-7-12-20-33)34-21-13-8-14-22-34)29-39-41(31)45-43(47(39,3)4)44-46(50-49-45)42-32(2)28-38(30-40(42)48(44,5)6)52(35-23-15-9-16-24-35)36-25-17-10-18-26-36/h7-30H,1-6H3. The summed E-state index contributed by atoms with van der Waals surface area (Å²) in [5.41, 5.74) is 18.2. The summed E-state index contributed by atoms with van der Waals surface area (Å²) in [6, 6.07) is 52.0. The second kappa shape index (κ2) is 11.8. The Kier molecular flexibility index (Phi) is 7.24. The molecular formula is C48H42N4. The van der Waals surface area contributed by atoms with Crippen LogP contribution in [0.3, 0.4) is 0 Å². The Bertz CT molecular complexity index is 2210. The summed E-state index contributed by atoms with van der Waals surface area (Å²) in [5, 5.41) is 10.2. The molecule has 0 saturated heterocycles. The lowest BCUT2D eigenvalue weighted by Gasteiger charge is -2.31. The van der Waals surface area contributed by atoms with Crippen molar-refractivity contribution < 1.29 is 0 Å². The fourth-order valence-corrected chi connectivity index (χ4v) is 8.88. The van der Waals surface area contributed by atoms with Crippen LogP contribution in [-0.2, 0) is 10.8 Å². The number of hydrogen-bond acceptors (Lipinski definition) is 4. The highest BCUT2D eigenvalue weighted by Crippen LogP contribution is 2.60. The molecule has 0 radical (unpaired) electrons. The van der Waals surface area contributed by atoms with Gasteiger partial charge in [0.1, 0.15) is 0 Å².